The van der Waals surface area contributed by atoms with E-state index in [9.17, 15) is 5.11 Å². The molecular weight excluding hydrogens is 332 g/mol. The minimum absolute atomic E-state index is 0.135. The highest BCUT2D eigenvalue weighted by Gasteiger charge is 2.55. The van der Waals surface area contributed by atoms with Crippen molar-refractivity contribution in [3.63, 3.8) is 0 Å². The van der Waals surface area contributed by atoms with Crippen molar-refractivity contribution < 1.29 is 24.1 Å². The third kappa shape index (κ3) is 2.89. The monoisotopic (exact) mass is 360 g/mol. The lowest BCUT2D eigenvalue weighted by atomic mass is 9.65. The van der Waals surface area contributed by atoms with E-state index in [1.54, 1.807) is 27.4 Å². The summed E-state index contributed by atoms with van der Waals surface area (Å²) >= 11 is 0. The van der Waals surface area contributed by atoms with Crippen LogP contribution in [0.3, 0.4) is 0 Å². The van der Waals surface area contributed by atoms with E-state index < -0.39 is 6.10 Å². The first kappa shape index (κ1) is 18.8. The highest BCUT2D eigenvalue weighted by Crippen LogP contribution is 2.59. The third-order valence-corrected chi connectivity index (χ3v) is 5.89. The second-order valence-corrected chi connectivity index (χ2v) is 7.09. The van der Waals surface area contributed by atoms with Crippen molar-refractivity contribution in [3.8, 4) is 11.5 Å². The van der Waals surface area contributed by atoms with Crippen LogP contribution < -0.4 is 9.47 Å². The van der Waals surface area contributed by atoms with Crippen molar-refractivity contribution >= 4 is 0 Å². The van der Waals surface area contributed by atoms with Crippen LogP contribution in [0, 0.1) is 11.3 Å². The summed E-state index contributed by atoms with van der Waals surface area (Å²) in [7, 11) is 4.89. The first-order chi connectivity index (χ1) is 12.5. The Morgan fingerprint density at radius 3 is 2.62 bits per heavy atom. The van der Waals surface area contributed by atoms with Crippen LogP contribution in [0.25, 0.3) is 0 Å². The smallest absolute Gasteiger partial charge is 0.161 e. The number of benzene rings is 1. The molecule has 0 amide bonds. The molecule has 1 unspecified atom stereocenters. The Morgan fingerprint density at radius 2 is 2.00 bits per heavy atom. The first-order valence-corrected chi connectivity index (χ1v) is 8.93. The molecule has 1 fully saturated rings. The van der Waals surface area contributed by atoms with E-state index >= 15 is 0 Å². The lowest BCUT2D eigenvalue weighted by Gasteiger charge is -2.39. The fraction of sp³-hybridized carbons (Fsp3) is 0.524. The number of hydrogen-bond donors (Lipinski definition) is 1. The van der Waals surface area contributed by atoms with Gasteiger partial charge in [-0.2, -0.15) is 0 Å². The van der Waals surface area contributed by atoms with Gasteiger partial charge in [0, 0.05) is 18.4 Å². The zero-order valence-electron chi connectivity index (χ0n) is 15.9. The summed E-state index contributed by atoms with van der Waals surface area (Å²) in [6, 6.07) is 5.86. The molecule has 1 aliphatic heterocycles. The summed E-state index contributed by atoms with van der Waals surface area (Å²) in [4.78, 5) is 0. The molecular formula is C21H28O5. The van der Waals surface area contributed by atoms with E-state index in [0.29, 0.717) is 17.9 Å². The Labute approximate surface area is 155 Å². The molecule has 0 saturated carbocycles. The number of hydrogen-bond acceptors (Lipinski definition) is 5. The van der Waals surface area contributed by atoms with Gasteiger partial charge in [-0.1, -0.05) is 19.1 Å². The quantitative estimate of drug-likeness (QED) is 0.785. The van der Waals surface area contributed by atoms with Gasteiger partial charge in [-0.3, -0.25) is 0 Å². The van der Waals surface area contributed by atoms with E-state index in [2.05, 4.69) is 13.5 Å². The highest BCUT2D eigenvalue weighted by molar-refractivity contribution is 5.44. The van der Waals surface area contributed by atoms with E-state index in [4.69, 9.17) is 18.9 Å². The molecule has 1 heterocycles. The molecule has 2 aliphatic rings. The normalized spacial score (nSPS) is 33.0. The van der Waals surface area contributed by atoms with Gasteiger partial charge in [0.2, 0.25) is 0 Å². The second kappa shape index (κ2) is 7.33. The van der Waals surface area contributed by atoms with Crippen molar-refractivity contribution in [2.45, 2.75) is 38.1 Å². The van der Waals surface area contributed by atoms with Crippen LogP contribution in [0.5, 0.6) is 11.5 Å². The van der Waals surface area contributed by atoms with Crippen LogP contribution in [-0.4, -0.2) is 38.6 Å². The van der Waals surface area contributed by atoms with Crippen LogP contribution in [0.4, 0.5) is 0 Å². The maximum atomic E-state index is 10.3. The van der Waals surface area contributed by atoms with Gasteiger partial charge in [-0.15, -0.1) is 6.58 Å². The standard InChI is InChI=1S/C21H28O5/c1-6-9-21-12-18(25-5)15(22)11-19(21)26-20(13(21)2)14-7-8-16(23-3)17(10-14)24-4/h6-8,10-11,13,15,18,20,22H,1,9,12H2,2-5H3/t13-,15?,18-,20-,21-/m1/s1. The molecule has 0 bridgehead atoms. The lowest BCUT2D eigenvalue weighted by Crippen LogP contribution is -2.41. The third-order valence-electron chi connectivity index (χ3n) is 5.89. The summed E-state index contributed by atoms with van der Waals surface area (Å²) in [6.45, 7) is 6.13. The average molecular weight is 360 g/mol. The zero-order valence-corrected chi connectivity index (χ0v) is 15.9. The van der Waals surface area contributed by atoms with Gasteiger partial charge in [-0.05, 0) is 36.6 Å². The molecule has 1 aromatic carbocycles. The van der Waals surface area contributed by atoms with Crippen LogP contribution in [0.15, 0.2) is 42.7 Å². The van der Waals surface area contributed by atoms with E-state index in [-0.39, 0.29) is 23.5 Å². The maximum Gasteiger partial charge on any atom is 0.161 e. The Morgan fingerprint density at radius 1 is 1.27 bits per heavy atom. The van der Waals surface area contributed by atoms with Gasteiger partial charge in [0.25, 0.3) is 0 Å². The van der Waals surface area contributed by atoms with Crippen LogP contribution in [-0.2, 0) is 9.47 Å². The molecule has 5 heteroatoms. The fourth-order valence-corrected chi connectivity index (χ4v) is 4.34. The van der Waals surface area contributed by atoms with Gasteiger partial charge < -0.3 is 24.1 Å². The molecule has 142 valence electrons. The van der Waals surface area contributed by atoms with E-state index in [1.807, 2.05) is 24.3 Å². The summed E-state index contributed by atoms with van der Waals surface area (Å²) in [6.07, 6.45) is 4.17. The highest BCUT2D eigenvalue weighted by atomic mass is 16.5. The molecule has 3 rings (SSSR count). The molecule has 1 saturated heterocycles. The minimum Gasteiger partial charge on any atom is -0.493 e. The summed E-state index contributed by atoms with van der Waals surface area (Å²) in [5.41, 5.74) is 0.803. The summed E-state index contributed by atoms with van der Waals surface area (Å²) in [5.74, 6) is 2.40. The number of methoxy groups -OCH3 is 3. The summed E-state index contributed by atoms with van der Waals surface area (Å²) < 4.78 is 22.7. The van der Waals surface area contributed by atoms with Crippen molar-refractivity contribution in [1.29, 1.82) is 0 Å². The number of allylic oxidation sites excluding steroid dienone is 2. The number of fused-ring (bicyclic) bond motifs is 1. The Balaban J connectivity index is 2.00. The van der Waals surface area contributed by atoms with Crippen LogP contribution in [0.1, 0.15) is 31.4 Å². The summed E-state index contributed by atoms with van der Waals surface area (Å²) in [5, 5.41) is 10.3. The number of aliphatic hydroxyl groups excluding tert-OH is 1. The molecule has 1 N–H and O–H groups in total. The Hall–Kier alpha value is -1.98. The van der Waals surface area contributed by atoms with Crippen LogP contribution in [0.2, 0.25) is 0 Å². The second-order valence-electron chi connectivity index (χ2n) is 7.09. The predicted molar refractivity (Wildman–Crippen MR) is 99.3 cm³/mol. The molecule has 5 nitrogen and oxygen atoms in total. The molecule has 5 atom stereocenters. The minimum atomic E-state index is -0.663. The zero-order chi connectivity index (χ0) is 18.9. The largest absolute Gasteiger partial charge is 0.493 e. The van der Waals surface area contributed by atoms with Gasteiger partial charge in [-0.25, -0.2) is 0 Å². The maximum absolute atomic E-state index is 10.3. The average Bonchev–Trinajstić information content (AvgIpc) is 2.93. The van der Waals surface area contributed by atoms with E-state index in [0.717, 1.165) is 17.7 Å². The SMILES string of the molecule is C=CC[C@]12C[C@@H](OC)C(O)C=C1O[C@@H](c1ccc(OC)c(OC)c1)[C@H]2C. The molecule has 1 aliphatic carbocycles. The van der Waals surface area contributed by atoms with E-state index in [1.165, 1.54) is 0 Å². The molecule has 0 aromatic heterocycles. The molecule has 1 aromatic rings. The Bertz CT molecular complexity index is 698. The van der Waals surface area contributed by atoms with Crippen molar-refractivity contribution in [1.82, 2.24) is 0 Å². The number of rotatable bonds is 6. The fourth-order valence-electron chi connectivity index (χ4n) is 4.34. The van der Waals surface area contributed by atoms with Gasteiger partial charge in [0.05, 0.1) is 20.3 Å². The topological polar surface area (TPSA) is 57.2 Å². The van der Waals surface area contributed by atoms with Crippen molar-refractivity contribution in [2.75, 3.05) is 21.3 Å². The van der Waals surface area contributed by atoms with Gasteiger partial charge >= 0.3 is 0 Å². The molecule has 0 spiro atoms. The number of aliphatic hydroxyl groups is 1. The number of ether oxygens (including phenoxy) is 4. The first-order valence-electron chi connectivity index (χ1n) is 8.93. The van der Waals surface area contributed by atoms with Gasteiger partial charge in [0.15, 0.2) is 11.5 Å². The van der Waals surface area contributed by atoms with Crippen molar-refractivity contribution in [3.05, 3.63) is 48.3 Å². The predicted octanol–water partition coefficient (Wildman–Crippen LogP) is 3.64. The lowest BCUT2D eigenvalue weighted by molar-refractivity contribution is -0.0318. The molecule has 0 radical (unpaired) electrons. The van der Waals surface area contributed by atoms with Crippen molar-refractivity contribution in [2.24, 2.45) is 11.3 Å². The van der Waals surface area contributed by atoms with Crippen LogP contribution >= 0.6 is 0 Å². The Kier molecular flexibility index (Phi) is 5.30. The molecule has 26 heavy (non-hydrogen) atoms. The van der Waals surface area contributed by atoms with Gasteiger partial charge in [0.1, 0.15) is 18.0 Å².